The van der Waals surface area contributed by atoms with Crippen molar-refractivity contribution in [2.24, 2.45) is 0 Å². The molecule has 0 saturated heterocycles. The largest absolute Gasteiger partial charge is 0.370 e. The highest BCUT2D eigenvalue weighted by atomic mass is 32.2. The maximum atomic E-state index is 13.2. The summed E-state index contributed by atoms with van der Waals surface area (Å²) in [5.74, 6) is 0.838. The fraction of sp³-hybridized carbons (Fsp3) is 0.600. The van der Waals surface area contributed by atoms with Crippen molar-refractivity contribution in [3.63, 3.8) is 0 Å². The third-order valence-corrected chi connectivity index (χ3v) is 3.70. The van der Waals surface area contributed by atoms with E-state index >= 15 is 0 Å². The van der Waals surface area contributed by atoms with Crippen molar-refractivity contribution in [2.75, 3.05) is 30.4 Å². The molecule has 4 nitrogen and oxygen atoms in total. The Labute approximate surface area is 130 Å². The average molecular weight is 313 g/mol. The number of halogens is 1. The van der Waals surface area contributed by atoms with Crippen LogP contribution in [0.25, 0.3) is 0 Å². The molecule has 2 N–H and O–H groups in total. The molecule has 1 heterocycles. The molecule has 0 fully saturated rings. The summed E-state index contributed by atoms with van der Waals surface area (Å²) in [7, 11) is 0. The normalized spacial score (nSPS) is 10.4. The van der Waals surface area contributed by atoms with Gasteiger partial charge < -0.3 is 10.6 Å². The SMILES string of the molecule is CCNc1ncc(F)cc1C(=O)NCCCCCCSC. The van der Waals surface area contributed by atoms with Gasteiger partial charge in [0.1, 0.15) is 11.6 Å². The first-order chi connectivity index (χ1) is 10.2. The lowest BCUT2D eigenvalue weighted by Crippen LogP contribution is -2.26. The van der Waals surface area contributed by atoms with Crippen LogP contribution in [0.4, 0.5) is 10.2 Å². The third kappa shape index (κ3) is 6.80. The highest BCUT2D eigenvalue weighted by Gasteiger charge is 2.13. The molecule has 0 aliphatic carbocycles. The number of carbonyl (C=O) groups excluding carboxylic acids is 1. The van der Waals surface area contributed by atoms with Crippen LogP contribution in [0, 0.1) is 5.82 Å². The van der Waals surface area contributed by atoms with Gasteiger partial charge in [-0.3, -0.25) is 4.79 Å². The number of unbranched alkanes of at least 4 members (excludes halogenated alkanes) is 3. The molecule has 0 aliphatic rings. The Morgan fingerprint density at radius 2 is 2.10 bits per heavy atom. The number of hydrogen-bond acceptors (Lipinski definition) is 4. The van der Waals surface area contributed by atoms with Crippen LogP contribution >= 0.6 is 11.8 Å². The maximum absolute atomic E-state index is 13.2. The molecule has 1 rings (SSSR count). The summed E-state index contributed by atoms with van der Waals surface area (Å²) in [5.41, 5.74) is 0.263. The number of amides is 1. The van der Waals surface area contributed by atoms with Crippen molar-refractivity contribution < 1.29 is 9.18 Å². The third-order valence-electron chi connectivity index (χ3n) is 3.00. The topological polar surface area (TPSA) is 54.0 Å². The second-order valence-corrected chi connectivity index (χ2v) is 5.73. The minimum atomic E-state index is -0.501. The molecule has 0 atom stereocenters. The molecule has 1 aromatic rings. The maximum Gasteiger partial charge on any atom is 0.255 e. The number of nitrogens with zero attached hydrogens (tertiary/aromatic N) is 1. The molecular weight excluding hydrogens is 289 g/mol. The van der Waals surface area contributed by atoms with Crippen molar-refractivity contribution in [2.45, 2.75) is 32.6 Å². The summed E-state index contributed by atoms with van der Waals surface area (Å²) in [6, 6.07) is 1.22. The number of hydrogen-bond donors (Lipinski definition) is 2. The molecule has 6 heteroatoms. The summed E-state index contributed by atoms with van der Waals surface area (Å²) in [6.45, 7) is 3.15. The van der Waals surface area contributed by atoms with Crippen molar-refractivity contribution in [1.29, 1.82) is 0 Å². The van der Waals surface area contributed by atoms with Crippen LogP contribution in [-0.2, 0) is 0 Å². The van der Waals surface area contributed by atoms with Gasteiger partial charge in [0.2, 0.25) is 0 Å². The number of rotatable bonds is 10. The van der Waals surface area contributed by atoms with Gasteiger partial charge in [-0.2, -0.15) is 11.8 Å². The highest BCUT2D eigenvalue weighted by Crippen LogP contribution is 2.13. The first-order valence-corrected chi connectivity index (χ1v) is 8.75. The number of anilines is 1. The lowest BCUT2D eigenvalue weighted by Gasteiger charge is -2.10. The van der Waals surface area contributed by atoms with Gasteiger partial charge in [-0.15, -0.1) is 0 Å². The highest BCUT2D eigenvalue weighted by molar-refractivity contribution is 7.98. The Morgan fingerprint density at radius 1 is 1.33 bits per heavy atom. The molecule has 21 heavy (non-hydrogen) atoms. The second kappa shape index (κ2) is 10.4. The minimum absolute atomic E-state index is 0.263. The van der Waals surface area contributed by atoms with Gasteiger partial charge in [-0.05, 0) is 37.8 Å². The molecular formula is C15H24FN3OS. The fourth-order valence-corrected chi connectivity index (χ4v) is 2.44. The molecule has 0 aliphatic heterocycles. The van der Waals surface area contributed by atoms with E-state index in [2.05, 4.69) is 21.9 Å². The van der Waals surface area contributed by atoms with Gasteiger partial charge >= 0.3 is 0 Å². The summed E-state index contributed by atoms with van der Waals surface area (Å²) in [4.78, 5) is 16.0. The summed E-state index contributed by atoms with van der Waals surface area (Å²) in [5, 5.41) is 5.79. The van der Waals surface area contributed by atoms with E-state index < -0.39 is 5.82 Å². The lowest BCUT2D eigenvalue weighted by molar-refractivity contribution is 0.0953. The van der Waals surface area contributed by atoms with Crippen molar-refractivity contribution in [3.05, 3.63) is 23.6 Å². The zero-order valence-electron chi connectivity index (χ0n) is 12.7. The Hall–Kier alpha value is -1.30. The number of aromatic nitrogens is 1. The van der Waals surface area contributed by atoms with Crippen molar-refractivity contribution >= 4 is 23.5 Å². The van der Waals surface area contributed by atoms with Crippen LogP contribution in [-0.4, -0.2) is 36.0 Å². The summed E-state index contributed by atoms with van der Waals surface area (Å²) in [6.07, 6.45) is 7.66. The second-order valence-electron chi connectivity index (χ2n) is 4.74. The van der Waals surface area contributed by atoms with Crippen LogP contribution in [0.1, 0.15) is 43.0 Å². The van der Waals surface area contributed by atoms with Crippen LogP contribution in [0.2, 0.25) is 0 Å². The minimum Gasteiger partial charge on any atom is -0.370 e. The van der Waals surface area contributed by atoms with E-state index in [4.69, 9.17) is 0 Å². The van der Waals surface area contributed by atoms with Gasteiger partial charge in [-0.1, -0.05) is 12.8 Å². The monoisotopic (exact) mass is 313 g/mol. The van der Waals surface area contributed by atoms with Gasteiger partial charge in [0.15, 0.2) is 0 Å². The molecule has 1 amide bonds. The van der Waals surface area contributed by atoms with Gasteiger partial charge in [-0.25, -0.2) is 9.37 Å². The van der Waals surface area contributed by atoms with Gasteiger partial charge in [0.25, 0.3) is 5.91 Å². The Kier molecular flexibility index (Phi) is 8.82. The van der Waals surface area contributed by atoms with E-state index in [0.29, 0.717) is 18.9 Å². The van der Waals surface area contributed by atoms with E-state index in [0.717, 1.165) is 19.0 Å². The van der Waals surface area contributed by atoms with E-state index in [1.165, 1.54) is 24.7 Å². The van der Waals surface area contributed by atoms with Crippen LogP contribution in [0.3, 0.4) is 0 Å². The Bertz CT molecular complexity index is 443. The standard InChI is InChI=1S/C15H24FN3OS/c1-3-17-14-13(10-12(16)11-19-14)15(20)18-8-6-4-5-7-9-21-2/h10-11H,3-9H2,1-2H3,(H,17,19)(H,18,20). The first-order valence-electron chi connectivity index (χ1n) is 7.35. The van der Waals surface area contributed by atoms with E-state index in [-0.39, 0.29) is 11.5 Å². The predicted octanol–water partition coefficient (Wildman–Crippen LogP) is 3.31. The fourth-order valence-electron chi connectivity index (χ4n) is 1.94. The van der Waals surface area contributed by atoms with Crippen LogP contribution in [0.15, 0.2) is 12.3 Å². The van der Waals surface area contributed by atoms with Crippen LogP contribution < -0.4 is 10.6 Å². The molecule has 0 unspecified atom stereocenters. The number of carbonyl (C=O) groups is 1. The summed E-state index contributed by atoms with van der Waals surface area (Å²) < 4.78 is 13.2. The predicted molar refractivity (Wildman–Crippen MR) is 87.5 cm³/mol. The number of thioether (sulfide) groups is 1. The van der Waals surface area contributed by atoms with Crippen molar-refractivity contribution in [3.8, 4) is 0 Å². The summed E-state index contributed by atoms with van der Waals surface area (Å²) >= 11 is 1.86. The van der Waals surface area contributed by atoms with Crippen LogP contribution in [0.5, 0.6) is 0 Å². The Morgan fingerprint density at radius 3 is 2.81 bits per heavy atom. The molecule has 0 radical (unpaired) electrons. The van der Waals surface area contributed by atoms with E-state index in [1.807, 2.05) is 18.7 Å². The molecule has 0 bridgehead atoms. The molecule has 118 valence electrons. The van der Waals surface area contributed by atoms with Gasteiger partial charge in [0, 0.05) is 13.1 Å². The first kappa shape index (κ1) is 17.8. The van der Waals surface area contributed by atoms with E-state index in [9.17, 15) is 9.18 Å². The zero-order chi connectivity index (χ0) is 15.5. The smallest absolute Gasteiger partial charge is 0.255 e. The zero-order valence-corrected chi connectivity index (χ0v) is 13.6. The Balaban J connectivity index is 2.39. The van der Waals surface area contributed by atoms with E-state index in [1.54, 1.807) is 0 Å². The molecule has 1 aromatic heterocycles. The average Bonchev–Trinajstić information content (AvgIpc) is 2.48. The lowest BCUT2D eigenvalue weighted by atomic mass is 10.2. The quantitative estimate of drug-likeness (QED) is 0.651. The number of nitrogens with one attached hydrogen (secondary N) is 2. The number of pyridine rings is 1. The molecule has 0 spiro atoms. The van der Waals surface area contributed by atoms with Gasteiger partial charge in [0.05, 0.1) is 11.8 Å². The molecule has 0 aromatic carbocycles. The van der Waals surface area contributed by atoms with Crippen molar-refractivity contribution in [1.82, 2.24) is 10.3 Å². The molecule has 0 saturated carbocycles.